The van der Waals surface area contributed by atoms with Crippen LogP contribution in [0.3, 0.4) is 0 Å². The SMILES string of the molecule is CC(C)(C)n1nc2c(c1-n1cccc1)CN(C(=O)Cn1cnc3ccccc31)C2. The first-order valence-electron chi connectivity index (χ1n) is 9.84. The molecule has 148 valence electrons. The molecule has 3 aromatic heterocycles. The van der Waals surface area contributed by atoms with E-state index in [4.69, 9.17) is 5.10 Å². The Morgan fingerprint density at radius 1 is 1.07 bits per heavy atom. The third kappa shape index (κ3) is 2.93. The molecule has 0 fully saturated rings. The predicted molar refractivity (Wildman–Crippen MR) is 111 cm³/mol. The Balaban J connectivity index is 1.43. The Kier molecular flexibility index (Phi) is 3.87. The lowest BCUT2D eigenvalue weighted by Gasteiger charge is -2.24. The minimum absolute atomic E-state index is 0.0758. The second kappa shape index (κ2) is 6.34. The van der Waals surface area contributed by atoms with Crippen LogP contribution in [0.4, 0.5) is 0 Å². The molecular weight excluding hydrogens is 364 g/mol. The molecule has 1 aromatic carbocycles. The van der Waals surface area contributed by atoms with Crippen molar-refractivity contribution in [3.05, 3.63) is 66.4 Å². The topological polar surface area (TPSA) is 60.9 Å². The molecule has 1 aliphatic rings. The first kappa shape index (κ1) is 17.7. The first-order valence-corrected chi connectivity index (χ1v) is 9.84. The summed E-state index contributed by atoms with van der Waals surface area (Å²) >= 11 is 0. The van der Waals surface area contributed by atoms with E-state index in [0.29, 0.717) is 13.1 Å². The normalized spacial score (nSPS) is 14.0. The molecule has 0 spiro atoms. The number of hydrogen-bond acceptors (Lipinski definition) is 3. The summed E-state index contributed by atoms with van der Waals surface area (Å²) in [6.45, 7) is 7.84. The fourth-order valence-electron chi connectivity index (χ4n) is 3.97. The fraction of sp³-hybridized carbons (Fsp3) is 0.318. The van der Waals surface area contributed by atoms with E-state index >= 15 is 0 Å². The average Bonchev–Trinajstić information content (AvgIpc) is 3.44. The molecule has 0 saturated heterocycles. The molecule has 0 radical (unpaired) electrons. The van der Waals surface area contributed by atoms with Crippen LogP contribution in [0.15, 0.2) is 55.1 Å². The van der Waals surface area contributed by atoms with Crippen LogP contribution in [0.25, 0.3) is 16.9 Å². The maximum Gasteiger partial charge on any atom is 0.243 e. The Hall–Kier alpha value is -3.35. The standard InChI is InChI=1S/C22H24N6O/c1-22(2,3)28-21(25-10-6-7-11-25)16-12-26(13-18(16)24-28)20(29)14-27-15-23-17-8-4-5-9-19(17)27/h4-11,15H,12-14H2,1-3H3. The van der Waals surface area contributed by atoms with Crippen LogP contribution in [-0.4, -0.2) is 34.7 Å². The lowest BCUT2D eigenvalue weighted by molar-refractivity contribution is -0.132. The minimum Gasteiger partial charge on any atom is -0.331 e. The molecule has 7 nitrogen and oxygen atoms in total. The highest BCUT2D eigenvalue weighted by Gasteiger charge is 2.33. The van der Waals surface area contributed by atoms with E-state index in [1.165, 1.54) is 0 Å². The van der Waals surface area contributed by atoms with Crippen LogP contribution in [0.2, 0.25) is 0 Å². The molecule has 0 aliphatic carbocycles. The third-order valence-corrected chi connectivity index (χ3v) is 5.40. The van der Waals surface area contributed by atoms with E-state index in [-0.39, 0.29) is 18.0 Å². The second-order valence-electron chi connectivity index (χ2n) is 8.53. The van der Waals surface area contributed by atoms with Crippen molar-refractivity contribution < 1.29 is 4.79 Å². The number of carbonyl (C=O) groups is 1. The highest BCUT2D eigenvalue weighted by Crippen LogP contribution is 2.32. The molecule has 4 heterocycles. The van der Waals surface area contributed by atoms with Crippen molar-refractivity contribution in [2.45, 2.75) is 45.9 Å². The number of rotatable bonds is 3. The molecule has 5 rings (SSSR count). The van der Waals surface area contributed by atoms with Gasteiger partial charge in [0, 0.05) is 18.0 Å². The zero-order valence-corrected chi connectivity index (χ0v) is 16.9. The van der Waals surface area contributed by atoms with Crippen LogP contribution in [0.1, 0.15) is 32.0 Å². The maximum absolute atomic E-state index is 13.0. The van der Waals surface area contributed by atoms with E-state index in [9.17, 15) is 4.79 Å². The zero-order valence-electron chi connectivity index (χ0n) is 16.9. The molecule has 0 N–H and O–H groups in total. The van der Waals surface area contributed by atoms with Gasteiger partial charge in [-0.25, -0.2) is 9.67 Å². The van der Waals surface area contributed by atoms with E-state index < -0.39 is 0 Å². The molecular formula is C22H24N6O. The second-order valence-corrected chi connectivity index (χ2v) is 8.53. The van der Waals surface area contributed by atoms with E-state index in [0.717, 1.165) is 28.1 Å². The summed E-state index contributed by atoms with van der Waals surface area (Å²) < 4.78 is 6.08. The summed E-state index contributed by atoms with van der Waals surface area (Å²) in [7, 11) is 0. The Bertz CT molecular complexity index is 1190. The number of nitrogens with zero attached hydrogens (tertiary/aromatic N) is 6. The summed E-state index contributed by atoms with van der Waals surface area (Å²) in [5, 5.41) is 4.88. The Morgan fingerprint density at radius 3 is 2.59 bits per heavy atom. The number of benzene rings is 1. The quantitative estimate of drug-likeness (QED) is 0.541. The van der Waals surface area contributed by atoms with Crippen LogP contribution < -0.4 is 0 Å². The van der Waals surface area contributed by atoms with E-state index in [2.05, 4.69) is 35.0 Å². The lowest BCUT2D eigenvalue weighted by Crippen LogP contribution is -2.31. The first-order chi connectivity index (χ1) is 13.9. The Morgan fingerprint density at radius 2 is 1.83 bits per heavy atom. The summed E-state index contributed by atoms with van der Waals surface area (Å²) in [4.78, 5) is 19.3. The Labute approximate surface area is 169 Å². The molecule has 0 bridgehead atoms. The van der Waals surface area contributed by atoms with Crippen molar-refractivity contribution in [2.75, 3.05) is 0 Å². The van der Waals surface area contributed by atoms with Crippen LogP contribution in [-0.2, 0) is 30.0 Å². The van der Waals surface area contributed by atoms with Gasteiger partial charge in [0.05, 0.1) is 41.7 Å². The van der Waals surface area contributed by atoms with Crippen LogP contribution in [0.5, 0.6) is 0 Å². The molecule has 1 aliphatic heterocycles. The van der Waals surface area contributed by atoms with E-state index in [1.807, 2.05) is 58.3 Å². The number of para-hydroxylation sites is 2. The van der Waals surface area contributed by atoms with Crippen molar-refractivity contribution in [3.63, 3.8) is 0 Å². The highest BCUT2D eigenvalue weighted by molar-refractivity contribution is 5.81. The number of carbonyl (C=O) groups excluding carboxylic acids is 1. The molecule has 0 saturated carbocycles. The molecule has 0 atom stereocenters. The predicted octanol–water partition coefficient (Wildman–Crippen LogP) is 3.32. The third-order valence-electron chi connectivity index (χ3n) is 5.40. The smallest absolute Gasteiger partial charge is 0.243 e. The van der Waals surface area contributed by atoms with Crippen molar-refractivity contribution in [3.8, 4) is 5.82 Å². The summed E-state index contributed by atoms with van der Waals surface area (Å²) in [5.74, 6) is 1.12. The number of fused-ring (bicyclic) bond motifs is 2. The van der Waals surface area contributed by atoms with Gasteiger partial charge in [0.2, 0.25) is 5.91 Å². The van der Waals surface area contributed by atoms with Gasteiger partial charge < -0.3 is 14.0 Å². The van der Waals surface area contributed by atoms with Gasteiger partial charge in [-0.1, -0.05) is 12.1 Å². The van der Waals surface area contributed by atoms with E-state index in [1.54, 1.807) is 6.33 Å². The van der Waals surface area contributed by atoms with Gasteiger partial charge in [-0.15, -0.1) is 0 Å². The van der Waals surface area contributed by atoms with Gasteiger partial charge >= 0.3 is 0 Å². The largest absolute Gasteiger partial charge is 0.331 e. The molecule has 29 heavy (non-hydrogen) atoms. The fourth-order valence-corrected chi connectivity index (χ4v) is 3.97. The number of imidazole rings is 1. The van der Waals surface area contributed by atoms with Crippen molar-refractivity contribution >= 4 is 16.9 Å². The minimum atomic E-state index is -0.144. The monoisotopic (exact) mass is 388 g/mol. The number of hydrogen-bond donors (Lipinski definition) is 0. The van der Waals surface area contributed by atoms with Gasteiger partial charge in [0.25, 0.3) is 0 Å². The van der Waals surface area contributed by atoms with Gasteiger partial charge in [0.1, 0.15) is 12.4 Å². The summed E-state index contributed by atoms with van der Waals surface area (Å²) in [6.07, 6.45) is 5.80. The summed E-state index contributed by atoms with van der Waals surface area (Å²) in [6, 6.07) is 11.9. The van der Waals surface area contributed by atoms with Gasteiger partial charge in [-0.05, 0) is 45.0 Å². The van der Waals surface area contributed by atoms with Crippen LogP contribution in [0, 0.1) is 0 Å². The highest BCUT2D eigenvalue weighted by atomic mass is 16.2. The maximum atomic E-state index is 13.0. The molecule has 0 unspecified atom stereocenters. The van der Waals surface area contributed by atoms with Gasteiger partial charge in [-0.2, -0.15) is 5.10 Å². The molecule has 4 aromatic rings. The van der Waals surface area contributed by atoms with Crippen LogP contribution >= 0.6 is 0 Å². The van der Waals surface area contributed by atoms with Gasteiger partial charge in [0.15, 0.2) is 0 Å². The molecule has 7 heteroatoms. The van der Waals surface area contributed by atoms with Gasteiger partial charge in [-0.3, -0.25) is 4.79 Å². The number of amides is 1. The molecule has 1 amide bonds. The van der Waals surface area contributed by atoms with Crippen molar-refractivity contribution in [1.29, 1.82) is 0 Å². The van der Waals surface area contributed by atoms with Crippen molar-refractivity contribution in [1.82, 2.24) is 28.8 Å². The van der Waals surface area contributed by atoms with Crippen molar-refractivity contribution in [2.24, 2.45) is 0 Å². The average molecular weight is 388 g/mol. The summed E-state index contributed by atoms with van der Waals surface area (Å²) in [5.41, 5.74) is 3.84. The lowest BCUT2D eigenvalue weighted by atomic mass is 10.1. The zero-order chi connectivity index (χ0) is 20.2. The number of aromatic nitrogens is 5.